The first-order chi connectivity index (χ1) is 7.36. The minimum atomic E-state index is 0. The third kappa shape index (κ3) is 1.74. The molecular formula is C13H9IOS. The molecule has 0 fully saturated rings. The summed E-state index contributed by atoms with van der Waals surface area (Å²) in [6.07, 6.45) is 0. The lowest BCUT2D eigenvalue weighted by molar-refractivity contribution is 1.75. The van der Waals surface area contributed by atoms with Crippen LogP contribution in [0.4, 0.5) is 0 Å². The Morgan fingerprint density at radius 3 is 1.69 bits per heavy atom. The van der Waals surface area contributed by atoms with Crippen molar-refractivity contribution in [2.45, 2.75) is 0 Å². The van der Waals surface area contributed by atoms with Gasteiger partial charge in [-0.1, -0.05) is 24.3 Å². The molecule has 0 aliphatic rings. The van der Waals surface area contributed by atoms with Crippen molar-refractivity contribution in [1.82, 2.24) is 0 Å². The van der Waals surface area contributed by atoms with Gasteiger partial charge in [0.2, 0.25) is 0 Å². The van der Waals surface area contributed by atoms with Crippen molar-refractivity contribution < 1.29 is 0 Å². The summed E-state index contributed by atoms with van der Waals surface area (Å²) in [7, 11) is 0. The second-order valence-electron chi connectivity index (χ2n) is 3.42. The average molecular weight is 340 g/mol. The van der Waals surface area contributed by atoms with Crippen LogP contribution < -0.4 is 5.43 Å². The minimum absolute atomic E-state index is 0. The molecule has 0 saturated heterocycles. The fourth-order valence-corrected chi connectivity index (χ4v) is 2.82. The van der Waals surface area contributed by atoms with E-state index in [4.69, 9.17) is 0 Å². The largest absolute Gasteiger partial charge is 0.289 e. The highest BCUT2D eigenvalue weighted by atomic mass is 127. The van der Waals surface area contributed by atoms with E-state index in [0.717, 1.165) is 20.2 Å². The Morgan fingerprint density at radius 1 is 0.750 bits per heavy atom. The second kappa shape index (κ2) is 4.51. The van der Waals surface area contributed by atoms with Crippen molar-refractivity contribution >= 4 is 55.5 Å². The van der Waals surface area contributed by atoms with Gasteiger partial charge in [0.05, 0.1) is 0 Å². The number of hydrogen-bond acceptors (Lipinski definition) is 2. The highest BCUT2D eigenvalue weighted by Gasteiger charge is 2.03. The first-order valence-electron chi connectivity index (χ1n) is 4.77. The van der Waals surface area contributed by atoms with E-state index in [9.17, 15) is 4.79 Å². The summed E-state index contributed by atoms with van der Waals surface area (Å²) in [4.78, 5) is 12.1. The Kier molecular flexibility index (Phi) is 3.25. The first-order valence-corrected chi connectivity index (χ1v) is 5.58. The van der Waals surface area contributed by atoms with Gasteiger partial charge < -0.3 is 0 Å². The molecule has 1 nitrogen and oxygen atoms in total. The molecule has 1 aromatic heterocycles. The molecule has 0 aliphatic heterocycles. The lowest BCUT2D eigenvalue weighted by Gasteiger charge is -1.99. The Hall–Kier alpha value is -0.940. The van der Waals surface area contributed by atoms with Gasteiger partial charge in [-0.15, -0.1) is 35.3 Å². The summed E-state index contributed by atoms with van der Waals surface area (Å²) < 4.78 is 2.11. The zero-order chi connectivity index (χ0) is 10.3. The van der Waals surface area contributed by atoms with Crippen LogP contribution in [0.5, 0.6) is 0 Å². The summed E-state index contributed by atoms with van der Waals surface area (Å²) in [6.45, 7) is 0. The molecule has 0 amide bonds. The second-order valence-corrected chi connectivity index (χ2v) is 4.51. The zero-order valence-electron chi connectivity index (χ0n) is 8.34. The van der Waals surface area contributed by atoms with Crippen molar-refractivity contribution in [2.24, 2.45) is 0 Å². The molecule has 0 bridgehead atoms. The van der Waals surface area contributed by atoms with Crippen LogP contribution >= 0.6 is 35.3 Å². The predicted molar refractivity (Wildman–Crippen MR) is 81.0 cm³/mol. The van der Waals surface area contributed by atoms with Crippen LogP contribution in [0.1, 0.15) is 0 Å². The number of rotatable bonds is 0. The maximum Gasteiger partial charge on any atom is 0.195 e. The van der Waals surface area contributed by atoms with Gasteiger partial charge in [-0.2, -0.15) is 0 Å². The molecule has 0 N–H and O–H groups in total. The Balaban J connectivity index is 0.000000963. The standard InChI is InChI=1S/C13H8OS.HI/c14-13-9-5-1-3-7-11(9)15-12-8-4-2-6-10(12)13;/h1-8H;1H. The molecular weight excluding hydrogens is 331 g/mol. The molecule has 1 heterocycles. The van der Waals surface area contributed by atoms with Crippen LogP contribution in [0.15, 0.2) is 53.3 Å². The SMILES string of the molecule is I.O=c1c2ccccc2sc2ccccc12. The van der Waals surface area contributed by atoms with Crippen molar-refractivity contribution in [2.75, 3.05) is 0 Å². The van der Waals surface area contributed by atoms with Crippen molar-refractivity contribution in [3.63, 3.8) is 0 Å². The summed E-state index contributed by atoms with van der Waals surface area (Å²) in [5, 5.41) is 1.64. The van der Waals surface area contributed by atoms with Crippen LogP contribution in [0, 0.1) is 0 Å². The molecule has 0 spiro atoms. The van der Waals surface area contributed by atoms with Gasteiger partial charge in [-0.25, -0.2) is 0 Å². The van der Waals surface area contributed by atoms with Crippen molar-refractivity contribution in [3.05, 3.63) is 58.8 Å². The molecule has 0 atom stereocenters. The third-order valence-corrected chi connectivity index (χ3v) is 3.64. The lowest BCUT2D eigenvalue weighted by atomic mass is 10.2. The minimum Gasteiger partial charge on any atom is -0.289 e. The van der Waals surface area contributed by atoms with Crippen LogP contribution in [0.2, 0.25) is 0 Å². The molecule has 0 unspecified atom stereocenters. The van der Waals surface area contributed by atoms with E-state index < -0.39 is 0 Å². The number of halogens is 1. The Morgan fingerprint density at radius 2 is 1.19 bits per heavy atom. The summed E-state index contributed by atoms with van der Waals surface area (Å²) in [6, 6.07) is 15.5. The normalized spacial score (nSPS) is 10.2. The molecule has 3 heteroatoms. The van der Waals surface area contributed by atoms with E-state index in [1.807, 2.05) is 48.5 Å². The topological polar surface area (TPSA) is 17.1 Å². The molecule has 0 aliphatic carbocycles. The predicted octanol–water partition coefficient (Wildman–Crippen LogP) is 4.03. The third-order valence-electron chi connectivity index (χ3n) is 2.48. The number of benzene rings is 2. The van der Waals surface area contributed by atoms with Gasteiger partial charge in [-0.05, 0) is 24.3 Å². The van der Waals surface area contributed by atoms with E-state index in [1.54, 1.807) is 11.3 Å². The Labute approximate surface area is 114 Å². The van der Waals surface area contributed by atoms with Crippen LogP contribution in [-0.2, 0) is 0 Å². The smallest absolute Gasteiger partial charge is 0.195 e. The van der Waals surface area contributed by atoms with Gasteiger partial charge in [0.25, 0.3) is 0 Å². The summed E-state index contributed by atoms with van der Waals surface area (Å²) in [5.41, 5.74) is 0.139. The lowest BCUT2D eigenvalue weighted by Crippen LogP contribution is -1.99. The average Bonchev–Trinajstić information content (AvgIpc) is 2.30. The monoisotopic (exact) mass is 340 g/mol. The molecule has 80 valence electrons. The van der Waals surface area contributed by atoms with E-state index in [-0.39, 0.29) is 29.4 Å². The number of fused-ring (bicyclic) bond motifs is 2. The van der Waals surface area contributed by atoms with Gasteiger partial charge in [-0.3, -0.25) is 4.79 Å². The van der Waals surface area contributed by atoms with Gasteiger partial charge >= 0.3 is 0 Å². The highest BCUT2D eigenvalue weighted by Crippen LogP contribution is 2.23. The van der Waals surface area contributed by atoms with Crippen molar-refractivity contribution in [1.29, 1.82) is 0 Å². The fourth-order valence-electron chi connectivity index (χ4n) is 1.75. The maximum atomic E-state index is 12.1. The molecule has 0 radical (unpaired) electrons. The van der Waals surface area contributed by atoms with Crippen LogP contribution in [0.25, 0.3) is 20.2 Å². The van der Waals surface area contributed by atoms with E-state index in [0.29, 0.717) is 0 Å². The van der Waals surface area contributed by atoms with Crippen LogP contribution in [-0.4, -0.2) is 0 Å². The summed E-state index contributed by atoms with van der Waals surface area (Å²) in [5.74, 6) is 0. The first kappa shape index (κ1) is 11.5. The van der Waals surface area contributed by atoms with Gasteiger partial charge in [0.15, 0.2) is 5.43 Å². The van der Waals surface area contributed by atoms with Crippen LogP contribution in [0.3, 0.4) is 0 Å². The molecule has 3 rings (SSSR count). The zero-order valence-corrected chi connectivity index (χ0v) is 11.5. The van der Waals surface area contributed by atoms with Gasteiger partial charge in [0.1, 0.15) is 0 Å². The van der Waals surface area contributed by atoms with E-state index in [2.05, 4.69) is 0 Å². The van der Waals surface area contributed by atoms with E-state index in [1.165, 1.54) is 0 Å². The Bertz CT molecular complexity index is 646. The van der Waals surface area contributed by atoms with Gasteiger partial charge in [0, 0.05) is 20.2 Å². The van der Waals surface area contributed by atoms with Crippen molar-refractivity contribution in [3.8, 4) is 0 Å². The fraction of sp³-hybridized carbons (Fsp3) is 0. The maximum absolute atomic E-state index is 12.1. The highest BCUT2D eigenvalue weighted by molar-refractivity contribution is 14.0. The quantitative estimate of drug-likeness (QED) is 0.446. The molecule has 16 heavy (non-hydrogen) atoms. The summed E-state index contributed by atoms with van der Waals surface area (Å²) >= 11 is 1.67. The molecule has 2 aromatic carbocycles. The molecule has 3 aromatic rings. The number of hydrogen-bond donors (Lipinski definition) is 0. The molecule has 0 saturated carbocycles. The van der Waals surface area contributed by atoms with E-state index >= 15 is 0 Å².